The van der Waals surface area contributed by atoms with Crippen LogP contribution in [0.5, 0.6) is 0 Å². The van der Waals surface area contributed by atoms with E-state index in [1.807, 2.05) is 18.3 Å². The van der Waals surface area contributed by atoms with Gasteiger partial charge >= 0.3 is 0 Å². The molecule has 0 radical (unpaired) electrons. The number of fused-ring (bicyclic) bond motifs is 1. The zero-order valence-electron chi connectivity index (χ0n) is 12.0. The second kappa shape index (κ2) is 6.22. The lowest BCUT2D eigenvalue weighted by atomic mass is 10.1. The first-order valence-electron chi connectivity index (χ1n) is 7.11. The minimum absolute atomic E-state index is 0.555. The highest BCUT2D eigenvalue weighted by Gasteiger charge is 2.12. The van der Waals surface area contributed by atoms with Crippen LogP contribution in [0.25, 0.3) is 11.0 Å². The third-order valence-electron chi connectivity index (χ3n) is 3.62. The monoisotopic (exact) mass is 300 g/mol. The number of hydrogen-bond acceptors (Lipinski definition) is 3. The summed E-state index contributed by atoms with van der Waals surface area (Å²) in [5, 5.41) is 0. The molecule has 108 valence electrons. The van der Waals surface area contributed by atoms with Crippen LogP contribution in [0.15, 0.2) is 36.8 Å². The lowest BCUT2D eigenvalue weighted by Crippen LogP contribution is -2.09. The fraction of sp³-hybridized carbons (Fsp3) is 0.312. The van der Waals surface area contributed by atoms with Crippen molar-refractivity contribution < 1.29 is 0 Å². The predicted molar refractivity (Wildman–Crippen MR) is 84.7 cm³/mol. The first-order valence-corrected chi connectivity index (χ1v) is 7.64. The highest BCUT2D eigenvalue weighted by molar-refractivity contribution is 6.17. The van der Waals surface area contributed by atoms with Crippen molar-refractivity contribution in [3.63, 3.8) is 0 Å². The number of alkyl halides is 1. The topological polar surface area (TPSA) is 43.6 Å². The van der Waals surface area contributed by atoms with E-state index in [0.717, 1.165) is 41.9 Å². The van der Waals surface area contributed by atoms with Crippen molar-refractivity contribution in [2.75, 3.05) is 5.88 Å². The van der Waals surface area contributed by atoms with Crippen molar-refractivity contribution in [3.8, 4) is 0 Å². The maximum atomic E-state index is 5.91. The quantitative estimate of drug-likeness (QED) is 0.680. The summed E-state index contributed by atoms with van der Waals surface area (Å²) in [7, 11) is 0. The Kier molecular flexibility index (Phi) is 4.15. The molecule has 0 N–H and O–H groups in total. The standard InChI is InChI=1S/C16H17ClN4/c1-2-12-4-3-8-19-14(12)11-21-15-6-9-18-10-13(15)20-16(21)5-7-17/h3-4,6,8-10H,2,5,7,11H2,1H3. The van der Waals surface area contributed by atoms with Crippen LogP contribution in [0.2, 0.25) is 0 Å². The number of imidazole rings is 1. The first kappa shape index (κ1) is 14.0. The molecule has 0 saturated heterocycles. The Bertz CT molecular complexity index is 751. The highest BCUT2D eigenvalue weighted by Crippen LogP contribution is 2.18. The molecule has 0 unspecified atom stereocenters. The first-order chi connectivity index (χ1) is 10.3. The number of nitrogens with zero attached hydrogens (tertiary/aromatic N) is 4. The lowest BCUT2D eigenvalue weighted by molar-refractivity contribution is 0.729. The summed E-state index contributed by atoms with van der Waals surface area (Å²) in [6, 6.07) is 6.11. The van der Waals surface area contributed by atoms with Crippen LogP contribution in [-0.2, 0) is 19.4 Å². The zero-order chi connectivity index (χ0) is 14.7. The van der Waals surface area contributed by atoms with Gasteiger partial charge in [0.15, 0.2) is 0 Å². The van der Waals surface area contributed by atoms with E-state index < -0.39 is 0 Å². The molecule has 0 aliphatic carbocycles. The van der Waals surface area contributed by atoms with Gasteiger partial charge in [-0.1, -0.05) is 13.0 Å². The summed E-state index contributed by atoms with van der Waals surface area (Å²) >= 11 is 5.91. The largest absolute Gasteiger partial charge is 0.322 e. The van der Waals surface area contributed by atoms with E-state index in [2.05, 4.69) is 32.5 Å². The van der Waals surface area contributed by atoms with Crippen LogP contribution < -0.4 is 0 Å². The lowest BCUT2D eigenvalue weighted by Gasteiger charge is -2.11. The van der Waals surface area contributed by atoms with Crippen molar-refractivity contribution in [1.29, 1.82) is 0 Å². The van der Waals surface area contributed by atoms with Crippen LogP contribution in [0.4, 0.5) is 0 Å². The van der Waals surface area contributed by atoms with Crippen molar-refractivity contribution >= 4 is 22.6 Å². The van der Waals surface area contributed by atoms with Gasteiger partial charge in [0.2, 0.25) is 0 Å². The number of aryl methyl sites for hydroxylation is 2. The Morgan fingerprint density at radius 2 is 2.14 bits per heavy atom. The third-order valence-corrected chi connectivity index (χ3v) is 3.81. The average molecular weight is 301 g/mol. The third kappa shape index (κ3) is 2.76. The minimum atomic E-state index is 0.555. The maximum absolute atomic E-state index is 5.91. The Balaban J connectivity index is 2.08. The summed E-state index contributed by atoms with van der Waals surface area (Å²) in [5.41, 5.74) is 4.35. The van der Waals surface area contributed by atoms with E-state index >= 15 is 0 Å². The molecule has 5 heteroatoms. The van der Waals surface area contributed by atoms with Crippen LogP contribution in [0.1, 0.15) is 24.0 Å². The van der Waals surface area contributed by atoms with Gasteiger partial charge in [-0.3, -0.25) is 9.97 Å². The van der Waals surface area contributed by atoms with Gasteiger partial charge in [0.25, 0.3) is 0 Å². The molecule has 0 saturated carbocycles. The Morgan fingerprint density at radius 1 is 1.24 bits per heavy atom. The summed E-state index contributed by atoms with van der Waals surface area (Å²) in [5.74, 6) is 1.54. The van der Waals surface area contributed by atoms with E-state index in [4.69, 9.17) is 11.6 Å². The predicted octanol–water partition coefficient (Wildman–Crippen LogP) is 3.22. The van der Waals surface area contributed by atoms with Gasteiger partial charge in [0.1, 0.15) is 11.3 Å². The van der Waals surface area contributed by atoms with Crippen molar-refractivity contribution in [3.05, 3.63) is 53.9 Å². The zero-order valence-corrected chi connectivity index (χ0v) is 12.7. The number of aromatic nitrogens is 4. The van der Waals surface area contributed by atoms with Gasteiger partial charge in [0.05, 0.1) is 24.0 Å². The van der Waals surface area contributed by atoms with Gasteiger partial charge in [-0.25, -0.2) is 4.98 Å². The molecule has 0 spiro atoms. The number of hydrogen-bond donors (Lipinski definition) is 0. The van der Waals surface area contributed by atoms with E-state index in [1.165, 1.54) is 5.56 Å². The summed E-state index contributed by atoms with van der Waals surface area (Å²) in [6.45, 7) is 2.87. The molecule has 0 fully saturated rings. The summed E-state index contributed by atoms with van der Waals surface area (Å²) in [6.07, 6.45) is 7.15. The van der Waals surface area contributed by atoms with Gasteiger partial charge in [-0.15, -0.1) is 11.6 Å². The van der Waals surface area contributed by atoms with Gasteiger partial charge < -0.3 is 4.57 Å². The molecule has 21 heavy (non-hydrogen) atoms. The molecule has 0 atom stereocenters. The molecule has 0 bridgehead atoms. The molecule has 4 nitrogen and oxygen atoms in total. The van der Waals surface area contributed by atoms with E-state index in [1.54, 1.807) is 12.4 Å². The van der Waals surface area contributed by atoms with E-state index in [-0.39, 0.29) is 0 Å². The second-order valence-corrected chi connectivity index (χ2v) is 5.26. The number of rotatable bonds is 5. The number of halogens is 1. The molecule has 3 heterocycles. The van der Waals surface area contributed by atoms with Crippen molar-refractivity contribution in [2.45, 2.75) is 26.3 Å². The molecule has 3 aromatic rings. The SMILES string of the molecule is CCc1cccnc1Cn1c(CCCl)nc2cnccc21. The highest BCUT2D eigenvalue weighted by atomic mass is 35.5. The van der Waals surface area contributed by atoms with Crippen LogP contribution in [-0.4, -0.2) is 25.4 Å². The smallest absolute Gasteiger partial charge is 0.111 e. The van der Waals surface area contributed by atoms with Crippen molar-refractivity contribution in [1.82, 2.24) is 19.5 Å². The Hall–Kier alpha value is -1.94. The molecule has 3 rings (SSSR count). The van der Waals surface area contributed by atoms with Crippen LogP contribution >= 0.6 is 11.6 Å². The van der Waals surface area contributed by atoms with Gasteiger partial charge in [-0.05, 0) is 24.1 Å². The molecule has 0 amide bonds. The van der Waals surface area contributed by atoms with E-state index in [0.29, 0.717) is 5.88 Å². The van der Waals surface area contributed by atoms with E-state index in [9.17, 15) is 0 Å². The Morgan fingerprint density at radius 3 is 2.95 bits per heavy atom. The second-order valence-electron chi connectivity index (χ2n) is 4.88. The van der Waals surface area contributed by atoms with Crippen LogP contribution in [0.3, 0.4) is 0 Å². The molecule has 3 aromatic heterocycles. The summed E-state index contributed by atoms with van der Waals surface area (Å²) < 4.78 is 2.20. The Labute approximate surface area is 128 Å². The summed E-state index contributed by atoms with van der Waals surface area (Å²) in [4.78, 5) is 13.3. The molecular weight excluding hydrogens is 284 g/mol. The molecule has 0 aliphatic rings. The number of pyridine rings is 2. The van der Waals surface area contributed by atoms with Crippen molar-refractivity contribution in [2.24, 2.45) is 0 Å². The molecule has 0 aromatic carbocycles. The average Bonchev–Trinajstić information content (AvgIpc) is 2.86. The minimum Gasteiger partial charge on any atom is -0.322 e. The van der Waals surface area contributed by atoms with Gasteiger partial charge in [0, 0.05) is 24.7 Å². The molecule has 0 aliphatic heterocycles. The van der Waals surface area contributed by atoms with Crippen LogP contribution in [0, 0.1) is 0 Å². The fourth-order valence-electron chi connectivity index (χ4n) is 2.57. The molecular formula is C16H17ClN4. The van der Waals surface area contributed by atoms with Gasteiger partial charge in [-0.2, -0.15) is 0 Å². The fourth-order valence-corrected chi connectivity index (χ4v) is 2.74. The normalized spacial score (nSPS) is 11.1. The maximum Gasteiger partial charge on any atom is 0.111 e.